The van der Waals surface area contributed by atoms with E-state index in [2.05, 4.69) is 146 Å². The molecule has 1 aliphatic rings. The van der Waals surface area contributed by atoms with E-state index < -0.39 is 0 Å². The minimum absolute atomic E-state index is 0.760. The first-order valence-electron chi connectivity index (χ1n) is 15.3. The van der Waals surface area contributed by atoms with Crippen molar-refractivity contribution in [3.05, 3.63) is 144 Å². The molecule has 0 radical (unpaired) electrons. The first-order valence-corrected chi connectivity index (χ1v) is 15.3. The highest BCUT2D eigenvalue weighted by atomic mass is 15.2. The summed E-state index contributed by atoms with van der Waals surface area (Å²) < 4.78 is 0. The summed E-state index contributed by atoms with van der Waals surface area (Å²) in [7, 11) is 0. The Bertz CT molecular complexity index is 2020. The van der Waals surface area contributed by atoms with E-state index >= 15 is 0 Å². The molecule has 0 fully saturated rings. The van der Waals surface area contributed by atoms with Gasteiger partial charge in [-0.1, -0.05) is 86.6 Å². The van der Waals surface area contributed by atoms with Crippen LogP contribution in [0.15, 0.2) is 126 Å². The van der Waals surface area contributed by atoms with Gasteiger partial charge >= 0.3 is 0 Å². The summed E-state index contributed by atoms with van der Waals surface area (Å²) in [5, 5.41) is 2.49. The molecule has 44 heavy (non-hydrogen) atoms. The molecule has 0 unspecified atom stereocenters. The van der Waals surface area contributed by atoms with Gasteiger partial charge in [-0.2, -0.15) is 0 Å². The Morgan fingerprint density at radius 3 is 2.27 bits per heavy atom. The lowest BCUT2D eigenvalue weighted by molar-refractivity contribution is 0.963. The van der Waals surface area contributed by atoms with Crippen LogP contribution in [0.4, 0.5) is 17.1 Å². The van der Waals surface area contributed by atoms with Gasteiger partial charge in [-0.25, -0.2) is 4.98 Å². The molecule has 2 heterocycles. The van der Waals surface area contributed by atoms with Gasteiger partial charge in [0.05, 0.1) is 22.8 Å². The highest BCUT2D eigenvalue weighted by Crippen LogP contribution is 2.47. The standard InChI is InChI=1S/C39H31N3.C2H6/c1-26-11-4-5-12-28(26)21-27(2)35-16-10-17-36(41-35)31-19-20-38-34(24-31)33-23-30-14-7-6-13-29(30)22-32(33)25-42(38)39-18-9-8-15-37(39)40-3;1-2/h4-24H,3,25H2,1-2H3;1-2H3/b27-21+;. The number of fused-ring (bicyclic) bond motifs is 4. The molecule has 0 saturated carbocycles. The Labute approximate surface area is 260 Å². The van der Waals surface area contributed by atoms with Crippen LogP contribution in [0.5, 0.6) is 0 Å². The molecular formula is C41H37N3. The van der Waals surface area contributed by atoms with E-state index in [4.69, 9.17) is 4.98 Å². The van der Waals surface area contributed by atoms with Crippen LogP contribution in [-0.2, 0) is 6.54 Å². The van der Waals surface area contributed by atoms with Crippen molar-refractivity contribution in [2.24, 2.45) is 4.99 Å². The first kappa shape index (κ1) is 28.8. The SMILES string of the molecule is C=Nc1ccccc1N1Cc2cc3ccccc3cc2-c2cc(-c3cccc(/C(C)=C/c4ccccc4C)n3)ccc21.CC. The first-order chi connectivity index (χ1) is 21.6. The van der Waals surface area contributed by atoms with Gasteiger partial charge in [-0.05, 0) is 114 Å². The molecule has 5 aromatic carbocycles. The molecule has 0 spiro atoms. The van der Waals surface area contributed by atoms with Crippen molar-refractivity contribution < 1.29 is 0 Å². The predicted octanol–water partition coefficient (Wildman–Crippen LogP) is 11.4. The predicted molar refractivity (Wildman–Crippen MR) is 190 cm³/mol. The number of nitrogens with zero attached hydrogens (tertiary/aromatic N) is 3. The summed E-state index contributed by atoms with van der Waals surface area (Å²) in [6.07, 6.45) is 2.22. The number of aromatic nitrogens is 1. The highest BCUT2D eigenvalue weighted by molar-refractivity contribution is 5.97. The molecule has 1 aromatic heterocycles. The highest BCUT2D eigenvalue weighted by Gasteiger charge is 2.26. The summed E-state index contributed by atoms with van der Waals surface area (Å²) in [5.41, 5.74) is 13.5. The van der Waals surface area contributed by atoms with Gasteiger partial charge in [-0.15, -0.1) is 0 Å². The van der Waals surface area contributed by atoms with Crippen molar-refractivity contribution in [1.29, 1.82) is 0 Å². The Balaban J connectivity index is 0.00000168. The van der Waals surface area contributed by atoms with Crippen LogP contribution >= 0.6 is 0 Å². The van der Waals surface area contributed by atoms with Crippen molar-refractivity contribution in [2.45, 2.75) is 34.2 Å². The van der Waals surface area contributed by atoms with E-state index in [-0.39, 0.29) is 0 Å². The quantitative estimate of drug-likeness (QED) is 0.193. The number of para-hydroxylation sites is 2. The molecular weight excluding hydrogens is 534 g/mol. The van der Waals surface area contributed by atoms with Crippen molar-refractivity contribution in [2.75, 3.05) is 4.90 Å². The summed E-state index contributed by atoms with van der Waals surface area (Å²) in [6, 6.07) is 42.9. The fraction of sp³-hybridized carbons (Fsp3) is 0.122. The minimum atomic E-state index is 0.760. The molecule has 0 aliphatic carbocycles. The second kappa shape index (κ2) is 12.5. The summed E-state index contributed by atoms with van der Waals surface area (Å²) in [6.45, 7) is 12.9. The third kappa shape index (κ3) is 5.45. The summed E-state index contributed by atoms with van der Waals surface area (Å²) in [4.78, 5) is 11.8. The third-order valence-corrected chi connectivity index (χ3v) is 8.23. The van der Waals surface area contributed by atoms with Crippen LogP contribution in [0.3, 0.4) is 0 Å². The van der Waals surface area contributed by atoms with Crippen LogP contribution in [0.25, 0.3) is 44.8 Å². The van der Waals surface area contributed by atoms with Crippen LogP contribution in [0, 0.1) is 6.92 Å². The number of allylic oxidation sites excluding steroid dienone is 1. The van der Waals surface area contributed by atoms with E-state index in [0.717, 1.165) is 46.1 Å². The third-order valence-electron chi connectivity index (χ3n) is 8.23. The zero-order chi connectivity index (χ0) is 30.6. The number of benzene rings is 5. The minimum Gasteiger partial charge on any atom is -0.335 e. The number of hydrogen-bond donors (Lipinski definition) is 0. The zero-order valence-corrected chi connectivity index (χ0v) is 25.9. The van der Waals surface area contributed by atoms with E-state index in [9.17, 15) is 0 Å². The van der Waals surface area contributed by atoms with Gasteiger partial charge in [0, 0.05) is 23.4 Å². The summed E-state index contributed by atoms with van der Waals surface area (Å²) >= 11 is 0. The van der Waals surface area contributed by atoms with Crippen molar-refractivity contribution in [3.8, 4) is 22.4 Å². The van der Waals surface area contributed by atoms with Gasteiger partial charge in [0.2, 0.25) is 0 Å². The van der Waals surface area contributed by atoms with Crippen molar-refractivity contribution in [1.82, 2.24) is 4.98 Å². The molecule has 0 amide bonds. The van der Waals surface area contributed by atoms with E-state index in [0.29, 0.717) is 0 Å². The lowest BCUT2D eigenvalue weighted by Gasteiger charge is -2.34. The molecule has 0 bridgehead atoms. The lowest BCUT2D eigenvalue weighted by Crippen LogP contribution is -2.21. The lowest BCUT2D eigenvalue weighted by atomic mass is 9.89. The Morgan fingerprint density at radius 1 is 0.750 bits per heavy atom. The van der Waals surface area contributed by atoms with Crippen LogP contribution in [0.2, 0.25) is 0 Å². The van der Waals surface area contributed by atoms with Crippen LogP contribution < -0.4 is 4.90 Å². The molecule has 0 atom stereocenters. The second-order valence-corrected chi connectivity index (χ2v) is 10.9. The fourth-order valence-electron chi connectivity index (χ4n) is 5.98. The molecule has 3 nitrogen and oxygen atoms in total. The Hall–Kier alpha value is -5.28. The maximum Gasteiger partial charge on any atom is 0.0859 e. The van der Waals surface area contributed by atoms with Crippen LogP contribution in [0.1, 0.15) is 43.2 Å². The normalized spacial score (nSPS) is 12.2. The molecule has 1 aliphatic heterocycles. The van der Waals surface area contributed by atoms with Crippen molar-refractivity contribution >= 4 is 46.2 Å². The smallest absolute Gasteiger partial charge is 0.0859 e. The number of anilines is 2. The van der Waals surface area contributed by atoms with Crippen LogP contribution in [-0.4, -0.2) is 11.7 Å². The fourth-order valence-corrected chi connectivity index (χ4v) is 5.98. The number of aryl methyl sites for hydroxylation is 1. The largest absolute Gasteiger partial charge is 0.335 e. The molecule has 0 N–H and O–H groups in total. The average Bonchev–Trinajstić information content (AvgIpc) is 3.08. The van der Waals surface area contributed by atoms with Gasteiger partial charge in [-0.3, -0.25) is 4.99 Å². The zero-order valence-electron chi connectivity index (χ0n) is 25.9. The van der Waals surface area contributed by atoms with Gasteiger partial charge < -0.3 is 4.90 Å². The van der Waals surface area contributed by atoms with Gasteiger partial charge in [0.25, 0.3) is 0 Å². The monoisotopic (exact) mass is 571 g/mol. The molecule has 6 aromatic rings. The van der Waals surface area contributed by atoms with E-state index in [1.54, 1.807) is 0 Å². The Morgan fingerprint density at radius 2 is 1.48 bits per heavy atom. The van der Waals surface area contributed by atoms with E-state index in [1.165, 1.54) is 38.6 Å². The number of aliphatic imine (C=N–C) groups is 1. The van der Waals surface area contributed by atoms with Gasteiger partial charge in [0.1, 0.15) is 0 Å². The average molecular weight is 572 g/mol. The topological polar surface area (TPSA) is 28.5 Å². The summed E-state index contributed by atoms with van der Waals surface area (Å²) in [5.74, 6) is 0. The second-order valence-electron chi connectivity index (χ2n) is 10.9. The number of pyridine rings is 1. The Kier molecular flexibility index (Phi) is 8.21. The number of hydrogen-bond acceptors (Lipinski definition) is 3. The molecule has 0 saturated heterocycles. The maximum atomic E-state index is 5.12. The molecule has 216 valence electrons. The molecule has 7 rings (SSSR count). The van der Waals surface area contributed by atoms with E-state index in [1.807, 2.05) is 26.0 Å². The van der Waals surface area contributed by atoms with Gasteiger partial charge in [0.15, 0.2) is 0 Å². The molecule has 3 heteroatoms. The van der Waals surface area contributed by atoms with Crippen molar-refractivity contribution in [3.63, 3.8) is 0 Å². The number of rotatable bonds is 5. The maximum absolute atomic E-state index is 5.12.